The number of hydrogen-bond acceptors (Lipinski definition) is 6. The van der Waals surface area contributed by atoms with E-state index >= 15 is 0 Å². The summed E-state index contributed by atoms with van der Waals surface area (Å²) in [6.07, 6.45) is 0.582. The zero-order valence-corrected chi connectivity index (χ0v) is 15.9. The first-order valence-corrected chi connectivity index (χ1v) is 10.4. The van der Waals surface area contributed by atoms with Crippen molar-refractivity contribution in [3.05, 3.63) is 24.0 Å². The lowest BCUT2D eigenvalue weighted by Gasteiger charge is -2.36. The normalized spacial score (nSPS) is 21.4. The number of nitrogens with zero attached hydrogens (tertiary/aromatic N) is 3. The lowest BCUT2D eigenvalue weighted by atomic mass is 10.2. The summed E-state index contributed by atoms with van der Waals surface area (Å²) < 4.78 is 30.9. The van der Waals surface area contributed by atoms with Gasteiger partial charge in [-0.1, -0.05) is 0 Å². The molecule has 2 N–H and O–H groups in total. The average molecular weight is 398 g/mol. The maximum Gasteiger partial charge on any atom is 0.414 e. The van der Waals surface area contributed by atoms with Gasteiger partial charge in [0.2, 0.25) is 5.91 Å². The van der Waals surface area contributed by atoms with Crippen LogP contribution >= 0.6 is 0 Å². The predicted molar refractivity (Wildman–Crippen MR) is 101 cm³/mol. The van der Waals surface area contributed by atoms with Crippen LogP contribution < -0.4 is 15.5 Å². The number of carbonyl (C=O) groups is 2. The standard InChI is InChI=1S/C17H23FN4O4S/c1-27(25)11-16(23)21-6-4-20(5-7-21)15-3-2-12(8-14(15)18)22-10-13(9-19)26-17(22)24/h2-3,8,13H,4-7,9-11,19H2,1H3/t13-,27?/m0/s1. The molecule has 2 heterocycles. The van der Waals surface area contributed by atoms with Gasteiger partial charge in [-0.2, -0.15) is 0 Å². The number of amides is 2. The van der Waals surface area contributed by atoms with Crippen molar-refractivity contribution in [2.75, 3.05) is 61.1 Å². The molecule has 2 aliphatic rings. The Balaban J connectivity index is 1.64. The molecule has 0 radical (unpaired) electrons. The quantitative estimate of drug-likeness (QED) is 0.758. The summed E-state index contributed by atoms with van der Waals surface area (Å²) in [7, 11) is -1.17. The molecule has 3 rings (SSSR count). The maximum absolute atomic E-state index is 14.7. The first-order valence-electron chi connectivity index (χ1n) is 8.69. The third-order valence-corrected chi connectivity index (χ3v) is 5.33. The number of anilines is 2. The number of nitrogens with two attached hydrogens (primary N) is 1. The van der Waals surface area contributed by atoms with E-state index < -0.39 is 22.7 Å². The van der Waals surface area contributed by atoms with Crippen molar-refractivity contribution in [1.82, 2.24) is 4.90 Å². The average Bonchev–Trinajstić information content (AvgIpc) is 3.02. The van der Waals surface area contributed by atoms with E-state index in [1.54, 1.807) is 17.0 Å². The molecular weight excluding hydrogens is 375 g/mol. The summed E-state index contributed by atoms with van der Waals surface area (Å²) in [4.78, 5) is 28.7. The highest BCUT2D eigenvalue weighted by molar-refractivity contribution is 7.85. The number of halogens is 1. The van der Waals surface area contributed by atoms with Gasteiger partial charge in [-0.05, 0) is 18.2 Å². The predicted octanol–water partition coefficient (Wildman–Crippen LogP) is 0.137. The molecule has 0 aliphatic carbocycles. The van der Waals surface area contributed by atoms with E-state index in [1.165, 1.54) is 17.2 Å². The number of rotatable bonds is 5. The first kappa shape index (κ1) is 19.6. The fourth-order valence-electron chi connectivity index (χ4n) is 3.24. The van der Waals surface area contributed by atoms with Crippen LogP contribution in [0.5, 0.6) is 0 Å². The molecule has 2 fully saturated rings. The minimum atomic E-state index is -1.17. The minimum absolute atomic E-state index is 0.0127. The SMILES string of the molecule is CS(=O)CC(=O)N1CCN(c2ccc(N3C[C@H](CN)OC3=O)cc2F)CC1. The second kappa shape index (κ2) is 8.22. The lowest BCUT2D eigenvalue weighted by molar-refractivity contribution is -0.128. The Morgan fingerprint density at radius 2 is 2.04 bits per heavy atom. The van der Waals surface area contributed by atoms with Gasteiger partial charge in [0.25, 0.3) is 0 Å². The number of ether oxygens (including phenoxy) is 1. The Hall–Kier alpha value is -2.20. The Labute approximate surface area is 159 Å². The number of hydrogen-bond donors (Lipinski definition) is 1. The second-order valence-electron chi connectivity index (χ2n) is 6.57. The van der Waals surface area contributed by atoms with Crippen LogP contribution in [-0.4, -0.2) is 78.5 Å². The molecule has 27 heavy (non-hydrogen) atoms. The van der Waals surface area contributed by atoms with Gasteiger partial charge >= 0.3 is 6.09 Å². The Bertz CT molecular complexity index is 754. The van der Waals surface area contributed by atoms with Gasteiger partial charge in [0.15, 0.2) is 0 Å². The van der Waals surface area contributed by atoms with Crippen molar-refractivity contribution in [2.45, 2.75) is 6.10 Å². The number of carbonyl (C=O) groups excluding carboxylic acids is 2. The van der Waals surface area contributed by atoms with Crippen LogP contribution in [0.4, 0.5) is 20.6 Å². The molecule has 8 nitrogen and oxygen atoms in total. The van der Waals surface area contributed by atoms with Crippen molar-refractivity contribution in [3.63, 3.8) is 0 Å². The smallest absolute Gasteiger partial charge is 0.414 e. The van der Waals surface area contributed by atoms with Gasteiger partial charge < -0.3 is 20.3 Å². The molecule has 10 heteroatoms. The highest BCUT2D eigenvalue weighted by Gasteiger charge is 2.32. The van der Waals surface area contributed by atoms with Crippen molar-refractivity contribution in [2.24, 2.45) is 5.73 Å². The van der Waals surface area contributed by atoms with E-state index in [0.29, 0.717) is 44.1 Å². The number of benzene rings is 1. The largest absolute Gasteiger partial charge is 0.443 e. The third-order valence-electron chi connectivity index (χ3n) is 4.68. The van der Waals surface area contributed by atoms with Gasteiger partial charge in [0.1, 0.15) is 17.7 Å². The molecule has 2 atom stereocenters. The molecule has 2 amide bonds. The van der Waals surface area contributed by atoms with E-state index in [2.05, 4.69) is 0 Å². The van der Waals surface area contributed by atoms with Gasteiger partial charge in [-0.3, -0.25) is 13.9 Å². The Morgan fingerprint density at radius 1 is 1.33 bits per heavy atom. The molecule has 2 aliphatic heterocycles. The molecule has 2 saturated heterocycles. The molecule has 0 bridgehead atoms. The summed E-state index contributed by atoms with van der Waals surface area (Å²) >= 11 is 0. The molecular formula is C17H23FN4O4S. The molecule has 0 saturated carbocycles. The van der Waals surface area contributed by atoms with E-state index in [4.69, 9.17) is 10.5 Å². The first-order chi connectivity index (χ1) is 12.9. The molecule has 1 unspecified atom stereocenters. The zero-order chi connectivity index (χ0) is 19.6. The van der Waals surface area contributed by atoms with Gasteiger partial charge in [0.05, 0.1) is 17.9 Å². The van der Waals surface area contributed by atoms with Crippen molar-refractivity contribution in [3.8, 4) is 0 Å². The van der Waals surface area contributed by atoms with Gasteiger partial charge in [-0.25, -0.2) is 9.18 Å². The summed E-state index contributed by atoms with van der Waals surface area (Å²) in [5, 5.41) is 0. The Kier molecular flexibility index (Phi) is 5.95. The molecule has 1 aromatic rings. The summed E-state index contributed by atoms with van der Waals surface area (Å²) in [5.41, 5.74) is 6.37. The van der Waals surface area contributed by atoms with Gasteiger partial charge in [0, 0.05) is 49.8 Å². The van der Waals surface area contributed by atoms with Crippen LogP contribution in [0, 0.1) is 5.82 Å². The van der Waals surface area contributed by atoms with Crippen LogP contribution in [-0.2, 0) is 20.3 Å². The Morgan fingerprint density at radius 3 is 2.59 bits per heavy atom. The maximum atomic E-state index is 14.7. The van der Waals surface area contributed by atoms with Crippen LogP contribution in [0.1, 0.15) is 0 Å². The number of piperazine rings is 1. The zero-order valence-electron chi connectivity index (χ0n) is 15.1. The molecule has 0 aromatic heterocycles. The summed E-state index contributed by atoms with van der Waals surface area (Å²) in [6, 6.07) is 4.62. The summed E-state index contributed by atoms with van der Waals surface area (Å²) in [5.74, 6) is -0.571. The fraction of sp³-hybridized carbons (Fsp3) is 0.529. The third kappa shape index (κ3) is 4.38. The molecule has 1 aromatic carbocycles. The second-order valence-corrected chi connectivity index (χ2v) is 8.01. The van der Waals surface area contributed by atoms with E-state index in [9.17, 15) is 18.2 Å². The minimum Gasteiger partial charge on any atom is -0.443 e. The van der Waals surface area contributed by atoms with E-state index in [-0.39, 0.29) is 24.3 Å². The van der Waals surface area contributed by atoms with E-state index in [1.807, 2.05) is 4.90 Å². The fourth-order valence-corrected chi connectivity index (χ4v) is 3.77. The van der Waals surface area contributed by atoms with Gasteiger partial charge in [-0.15, -0.1) is 0 Å². The highest BCUT2D eigenvalue weighted by atomic mass is 32.2. The monoisotopic (exact) mass is 398 g/mol. The topological polar surface area (TPSA) is 96.2 Å². The highest BCUT2D eigenvalue weighted by Crippen LogP contribution is 2.28. The number of cyclic esters (lactones) is 1. The van der Waals surface area contributed by atoms with Crippen LogP contribution in [0.15, 0.2) is 18.2 Å². The van der Waals surface area contributed by atoms with Crippen molar-refractivity contribution < 1.29 is 22.9 Å². The summed E-state index contributed by atoms with van der Waals surface area (Å²) in [6.45, 7) is 2.39. The van der Waals surface area contributed by atoms with Crippen molar-refractivity contribution >= 4 is 34.2 Å². The van der Waals surface area contributed by atoms with Crippen LogP contribution in [0.2, 0.25) is 0 Å². The van der Waals surface area contributed by atoms with Crippen LogP contribution in [0.3, 0.4) is 0 Å². The van der Waals surface area contributed by atoms with E-state index in [0.717, 1.165) is 0 Å². The lowest BCUT2D eigenvalue weighted by Crippen LogP contribution is -2.50. The van der Waals surface area contributed by atoms with Crippen LogP contribution in [0.25, 0.3) is 0 Å². The van der Waals surface area contributed by atoms with Crippen molar-refractivity contribution in [1.29, 1.82) is 0 Å². The molecule has 148 valence electrons. The molecule has 0 spiro atoms.